The van der Waals surface area contributed by atoms with Gasteiger partial charge in [0.1, 0.15) is 11.6 Å². The number of nitrogens with one attached hydrogen (secondary N) is 1. The maximum absolute atomic E-state index is 13.5. The van der Waals surface area contributed by atoms with Crippen molar-refractivity contribution in [3.63, 3.8) is 0 Å². The van der Waals surface area contributed by atoms with Gasteiger partial charge in [0.2, 0.25) is 0 Å². The number of fused-ring (bicyclic) bond motifs is 1. The van der Waals surface area contributed by atoms with Gasteiger partial charge in [-0.2, -0.15) is 5.10 Å². The fourth-order valence-electron chi connectivity index (χ4n) is 3.79. The lowest BCUT2D eigenvalue weighted by atomic mass is 10.0. The number of amides is 1. The molecule has 4 nitrogen and oxygen atoms in total. The fourth-order valence-corrected chi connectivity index (χ4v) is 3.79. The lowest BCUT2D eigenvalue weighted by Crippen LogP contribution is -2.29. The van der Waals surface area contributed by atoms with E-state index in [4.69, 9.17) is 0 Å². The third-order valence-corrected chi connectivity index (χ3v) is 4.90. The third kappa shape index (κ3) is 2.47. The summed E-state index contributed by atoms with van der Waals surface area (Å²) < 4.78 is 27.0. The Morgan fingerprint density at radius 3 is 2.83 bits per heavy atom. The van der Waals surface area contributed by atoms with E-state index in [1.807, 2.05) is 0 Å². The van der Waals surface area contributed by atoms with Crippen molar-refractivity contribution < 1.29 is 13.6 Å². The van der Waals surface area contributed by atoms with Crippen LogP contribution in [0.5, 0.6) is 0 Å². The summed E-state index contributed by atoms with van der Waals surface area (Å²) in [7, 11) is 0. The molecule has 0 spiro atoms. The van der Waals surface area contributed by atoms with E-state index >= 15 is 0 Å². The molecule has 1 amide bonds. The molecule has 6 heteroatoms. The molecule has 4 rings (SSSR count). The summed E-state index contributed by atoms with van der Waals surface area (Å²) in [5.41, 5.74) is 2.44. The van der Waals surface area contributed by atoms with Gasteiger partial charge in [0.15, 0.2) is 0 Å². The van der Waals surface area contributed by atoms with Gasteiger partial charge in [0.25, 0.3) is 5.91 Å². The minimum atomic E-state index is -0.637. The lowest BCUT2D eigenvalue weighted by molar-refractivity contribution is -0.129. The SMILES string of the molecule is O=C(C1=C2CNCC2CC1)N1N=CCC1c1cc(F)cc(F)c1. The Labute approximate surface area is 132 Å². The summed E-state index contributed by atoms with van der Waals surface area (Å²) >= 11 is 0. The zero-order valence-electron chi connectivity index (χ0n) is 12.6. The summed E-state index contributed by atoms with van der Waals surface area (Å²) in [6.45, 7) is 1.68. The molecule has 2 unspecified atom stereocenters. The Hall–Kier alpha value is -2.08. The zero-order chi connectivity index (χ0) is 16.0. The predicted molar refractivity (Wildman–Crippen MR) is 81.7 cm³/mol. The second-order valence-electron chi connectivity index (χ2n) is 6.27. The number of hydrogen-bond donors (Lipinski definition) is 1. The van der Waals surface area contributed by atoms with E-state index in [0.29, 0.717) is 17.9 Å². The summed E-state index contributed by atoms with van der Waals surface area (Å²) in [4.78, 5) is 12.9. The van der Waals surface area contributed by atoms with Crippen molar-refractivity contribution in [3.05, 3.63) is 46.5 Å². The van der Waals surface area contributed by atoms with Crippen molar-refractivity contribution in [3.8, 4) is 0 Å². The molecule has 1 aromatic carbocycles. The van der Waals surface area contributed by atoms with Crippen molar-refractivity contribution in [1.29, 1.82) is 0 Å². The van der Waals surface area contributed by atoms with Crippen LogP contribution < -0.4 is 5.32 Å². The number of nitrogens with zero attached hydrogens (tertiary/aromatic N) is 2. The van der Waals surface area contributed by atoms with Crippen LogP contribution in [-0.4, -0.2) is 30.2 Å². The van der Waals surface area contributed by atoms with E-state index in [0.717, 1.165) is 37.6 Å². The first-order valence-electron chi connectivity index (χ1n) is 7.88. The molecule has 0 radical (unpaired) electrons. The number of hydrogen-bond acceptors (Lipinski definition) is 3. The van der Waals surface area contributed by atoms with Crippen molar-refractivity contribution in [1.82, 2.24) is 10.3 Å². The first-order chi connectivity index (χ1) is 11.1. The van der Waals surface area contributed by atoms with Crippen molar-refractivity contribution in [2.24, 2.45) is 11.0 Å². The van der Waals surface area contributed by atoms with Crippen molar-refractivity contribution in [2.45, 2.75) is 25.3 Å². The monoisotopic (exact) mass is 317 g/mol. The van der Waals surface area contributed by atoms with Crippen LogP contribution in [0.4, 0.5) is 8.78 Å². The largest absolute Gasteiger partial charge is 0.312 e. The van der Waals surface area contributed by atoms with Gasteiger partial charge < -0.3 is 5.32 Å². The topological polar surface area (TPSA) is 44.7 Å². The molecule has 1 fully saturated rings. The van der Waals surface area contributed by atoms with Crippen LogP contribution >= 0.6 is 0 Å². The summed E-state index contributed by atoms with van der Waals surface area (Å²) in [5.74, 6) is -0.954. The standard InChI is InChI=1S/C17H17F2N3O/c18-12-5-11(6-13(19)7-12)16-3-4-21-22(16)17(23)14-2-1-10-8-20-9-15(10)14/h4-7,10,16,20H,1-3,8-9H2. The minimum Gasteiger partial charge on any atom is -0.312 e. The van der Waals surface area contributed by atoms with Gasteiger partial charge in [0.05, 0.1) is 6.04 Å². The molecular weight excluding hydrogens is 300 g/mol. The first kappa shape index (κ1) is 14.5. The molecule has 1 N–H and O–H groups in total. The van der Waals surface area contributed by atoms with E-state index in [1.54, 1.807) is 6.21 Å². The number of carbonyl (C=O) groups excluding carboxylic acids is 1. The minimum absolute atomic E-state index is 0.130. The van der Waals surface area contributed by atoms with Gasteiger partial charge in [-0.15, -0.1) is 0 Å². The maximum Gasteiger partial charge on any atom is 0.270 e. The Bertz CT molecular complexity index is 708. The highest BCUT2D eigenvalue weighted by Crippen LogP contribution is 2.38. The molecule has 3 aliphatic rings. The molecule has 0 saturated carbocycles. The van der Waals surface area contributed by atoms with Crippen LogP contribution in [0, 0.1) is 17.6 Å². The van der Waals surface area contributed by atoms with Crippen LogP contribution in [-0.2, 0) is 4.79 Å². The number of hydrazone groups is 1. The predicted octanol–water partition coefficient (Wildman–Crippen LogP) is 2.53. The van der Waals surface area contributed by atoms with Crippen molar-refractivity contribution >= 4 is 12.1 Å². The smallest absolute Gasteiger partial charge is 0.270 e. The maximum atomic E-state index is 13.5. The van der Waals surface area contributed by atoms with Crippen LogP contribution in [0.1, 0.15) is 30.9 Å². The number of carbonyl (C=O) groups is 1. The Morgan fingerprint density at radius 2 is 2.04 bits per heavy atom. The molecule has 1 aliphatic carbocycles. The molecule has 120 valence electrons. The van der Waals surface area contributed by atoms with Crippen LogP contribution in [0.25, 0.3) is 0 Å². The molecule has 23 heavy (non-hydrogen) atoms. The zero-order valence-corrected chi connectivity index (χ0v) is 12.6. The van der Waals surface area contributed by atoms with Crippen LogP contribution in [0.2, 0.25) is 0 Å². The second-order valence-corrected chi connectivity index (χ2v) is 6.27. The summed E-state index contributed by atoms with van der Waals surface area (Å²) in [6.07, 6.45) is 3.85. The second kappa shape index (κ2) is 5.53. The van der Waals surface area contributed by atoms with Gasteiger partial charge in [0, 0.05) is 37.4 Å². The normalized spacial score (nSPS) is 26.3. The molecule has 0 aromatic heterocycles. The molecule has 0 bridgehead atoms. The van der Waals surface area contributed by atoms with Crippen molar-refractivity contribution in [2.75, 3.05) is 13.1 Å². The lowest BCUT2D eigenvalue weighted by Gasteiger charge is -2.23. The highest BCUT2D eigenvalue weighted by molar-refractivity contribution is 5.96. The van der Waals surface area contributed by atoms with Crippen LogP contribution in [0.15, 0.2) is 34.4 Å². The van der Waals surface area contributed by atoms with E-state index in [9.17, 15) is 13.6 Å². The number of rotatable bonds is 2. The molecule has 2 atom stereocenters. The first-order valence-corrected chi connectivity index (χ1v) is 7.88. The van der Waals surface area contributed by atoms with Gasteiger partial charge in [-0.3, -0.25) is 4.79 Å². The van der Waals surface area contributed by atoms with Crippen LogP contribution in [0.3, 0.4) is 0 Å². The molecule has 1 aromatic rings. The Kier molecular flexibility index (Phi) is 3.49. The summed E-state index contributed by atoms with van der Waals surface area (Å²) in [5, 5.41) is 8.85. The highest BCUT2D eigenvalue weighted by atomic mass is 19.1. The highest BCUT2D eigenvalue weighted by Gasteiger charge is 2.37. The van der Waals surface area contributed by atoms with E-state index in [2.05, 4.69) is 10.4 Å². The average molecular weight is 317 g/mol. The number of benzene rings is 1. The average Bonchev–Trinajstić information content (AvgIpc) is 3.21. The molecular formula is C17H17F2N3O. The molecule has 2 heterocycles. The Balaban J connectivity index is 1.64. The van der Waals surface area contributed by atoms with Gasteiger partial charge in [-0.05, 0) is 42.0 Å². The molecule has 1 saturated heterocycles. The van der Waals surface area contributed by atoms with E-state index in [-0.39, 0.29) is 5.91 Å². The quantitative estimate of drug-likeness (QED) is 0.911. The molecule has 2 aliphatic heterocycles. The third-order valence-electron chi connectivity index (χ3n) is 4.90. The van der Waals surface area contributed by atoms with Gasteiger partial charge in [-0.25, -0.2) is 13.8 Å². The fraction of sp³-hybridized carbons (Fsp3) is 0.412. The van der Waals surface area contributed by atoms with E-state index < -0.39 is 17.7 Å². The van der Waals surface area contributed by atoms with Gasteiger partial charge in [-0.1, -0.05) is 0 Å². The van der Waals surface area contributed by atoms with Gasteiger partial charge >= 0.3 is 0 Å². The summed E-state index contributed by atoms with van der Waals surface area (Å²) in [6, 6.07) is 2.95. The number of halogens is 2. The van der Waals surface area contributed by atoms with E-state index in [1.165, 1.54) is 22.7 Å². The Morgan fingerprint density at radius 1 is 1.26 bits per heavy atom.